The van der Waals surface area contributed by atoms with Gasteiger partial charge in [-0.1, -0.05) is 48.3 Å². The molecular formula is C51H57FN4O12. The number of amides is 1. The number of oxime groups is 1. The van der Waals surface area contributed by atoms with Crippen molar-refractivity contribution in [1.82, 2.24) is 4.90 Å². The molecule has 1 amide bonds. The minimum absolute atomic E-state index is 0.0113. The lowest BCUT2D eigenvalue weighted by atomic mass is 9.55. The van der Waals surface area contributed by atoms with Crippen LogP contribution in [0, 0.1) is 43.8 Å². The Morgan fingerprint density at radius 2 is 1.59 bits per heavy atom. The average Bonchev–Trinajstić information content (AvgIpc) is 3.31. The average molecular weight is 937 g/mol. The highest BCUT2D eigenvalue weighted by Crippen LogP contribution is 2.62. The summed E-state index contributed by atoms with van der Waals surface area (Å²) in [4.78, 5) is 44.8. The molecule has 4 aromatic rings. The molecule has 1 fully saturated rings. The van der Waals surface area contributed by atoms with Crippen LogP contribution in [0.4, 0.5) is 20.6 Å². The smallest absolute Gasteiger partial charge is 0.416 e. The summed E-state index contributed by atoms with van der Waals surface area (Å²) in [5.41, 5.74) is 1.50. The molecule has 0 bridgehead atoms. The molecule has 3 aliphatic rings. The van der Waals surface area contributed by atoms with Crippen LogP contribution in [0.5, 0.6) is 23.0 Å². The predicted octanol–water partition coefficient (Wildman–Crippen LogP) is 10.6. The number of halogens is 1. The van der Waals surface area contributed by atoms with Gasteiger partial charge in [-0.25, -0.2) is 9.18 Å². The summed E-state index contributed by atoms with van der Waals surface area (Å²) in [5, 5.41) is 48.0. The molecule has 6 unspecified atom stereocenters. The molecule has 1 aliphatic heterocycles. The lowest BCUT2D eigenvalue weighted by Crippen LogP contribution is -2.70. The van der Waals surface area contributed by atoms with Crippen molar-refractivity contribution in [2.45, 2.75) is 95.6 Å². The lowest BCUT2D eigenvalue weighted by Gasteiger charge is -2.60. The van der Waals surface area contributed by atoms with Crippen LogP contribution in [0.25, 0.3) is 0 Å². The molecule has 0 spiro atoms. The van der Waals surface area contributed by atoms with Crippen molar-refractivity contribution in [2.75, 3.05) is 19.8 Å². The van der Waals surface area contributed by atoms with E-state index in [-0.39, 0.29) is 67.5 Å². The highest BCUT2D eigenvalue weighted by atomic mass is 19.1. The van der Waals surface area contributed by atoms with Crippen LogP contribution in [0.15, 0.2) is 120 Å². The molecule has 1 heterocycles. The normalized spacial score (nSPS) is 22.2. The minimum atomic E-state index is -1.71. The van der Waals surface area contributed by atoms with Gasteiger partial charge in [-0.05, 0) is 118 Å². The lowest BCUT2D eigenvalue weighted by molar-refractivity contribution is -0.385. The molecule has 2 N–H and O–H groups in total. The number of benzene rings is 4. The van der Waals surface area contributed by atoms with Gasteiger partial charge >= 0.3 is 6.09 Å². The largest absolute Gasteiger partial charge is 0.459 e. The van der Waals surface area contributed by atoms with Crippen LogP contribution in [0.2, 0.25) is 0 Å². The Bertz CT molecular complexity index is 2510. The van der Waals surface area contributed by atoms with Gasteiger partial charge in [0.1, 0.15) is 40.5 Å². The van der Waals surface area contributed by atoms with Crippen molar-refractivity contribution in [1.29, 1.82) is 0 Å². The quantitative estimate of drug-likeness (QED) is 0.0367. The molecule has 0 aromatic heterocycles. The predicted molar refractivity (Wildman–Crippen MR) is 250 cm³/mol. The fourth-order valence-corrected chi connectivity index (χ4v) is 9.58. The third-order valence-corrected chi connectivity index (χ3v) is 12.5. The number of rotatable bonds is 20. The molecule has 16 nitrogen and oxygen atoms in total. The first-order chi connectivity index (χ1) is 32.6. The van der Waals surface area contributed by atoms with Gasteiger partial charge in [-0.3, -0.25) is 25.1 Å². The van der Waals surface area contributed by atoms with Gasteiger partial charge in [0.2, 0.25) is 5.79 Å². The van der Waals surface area contributed by atoms with Gasteiger partial charge in [0.15, 0.2) is 0 Å². The topological polar surface area (TPSA) is 206 Å². The number of carbonyl (C=O) groups is 1. The van der Waals surface area contributed by atoms with Crippen LogP contribution >= 0.6 is 0 Å². The number of unbranched alkanes of at least 4 members (excludes halogenated alkanes) is 2. The monoisotopic (exact) mass is 936 g/mol. The van der Waals surface area contributed by atoms with Gasteiger partial charge in [0.25, 0.3) is 11.4 Å². The van der Waals surface area contributed by atoms with Crippen LogP contribution in [-0.4, -0.2) is 74.0 Å². The number of aliphatic hydroxyl groups excluding tert-OH is 2. The molecule has 0 saturated heterocycles. The van der Waals surface area contributed by atoms with E-state index >= 15 is 4.79 Å². The molecule has 68 heavy (non-hydrogen) atoms. The fraction of sp³-hybridized carbons (Fsp3) is 0.412. The van der Waals surface area contributed by atoms with Crippen molar-refractivity contribution in [3.05, 3.63) is 152 Å². The number of non-ortho nitro benzene ring substituents is 2. The van der Waals surface area contributed by atoms with Gasteiger partial charge in [-0.2, -0.15) is 0 Å². The number of hydrogen-bond donors (Lipinski definition) is 2. The Hall–Kier alpha value is -6.69. The van der Waals surface area contributed by atoms with Crippen molar-refractivity contribution in [3.8, 4) is 23.0 Å². The number of nitrogens with zero attached hydrogens (tertiary/aromatic N) is 4. The maximum absolute atomic E-state index is 15.0. The second kappa shape index (κ2) is 21.5. The van der Waals surface area contributed by atoms with E-state index in [2.05, 4.69) is 12.7 Å². The van der Waals surface area contributed by atoms with Crippen LogP contribution in [0.3, 0.4) is 0 Å². The van der Waals surface area contributed by atoms with Crippen molar-refractivity contribution < 1.29 is 53.0 Å². The summed E-state index contributed by atoms with van der Waals surface area (Å²) >= 11 is 0. The Kier molecular flexibility index (Phi) is 15.6. The molecule has 4 aromatic carbocycles. The number of allylic oxidation sites excluding steroid dienone is 1. The molecule has 1 saturated carbocycles. The summed E-state index contributed by atoms with van der Waals surface area (Å²) < 4.78 is 41.1. The van der Waals surface area contributed by atoms with E-state index < -0.39 is 51.0 Å². The molecule has 0 radical (unpaired) electrons. The first-order valence-corrected chi connectivity index (χ1v) is 22.8. The second-order valence-electron chi connectivity index (χ2n) is 18.2. The van der Waals surface area contributed by atoms with Gasteiger partial charge in [0.05, 0.1) is 34.1 Å². The fourth-order valence-electron chi connectivity index (χ4n) is 9.58. The third-order valence-electron chi connectivity index (χ3n) is 12.5. The van der Waals surface area contributed by atoms with E-state index in [1.54, 1.807) is 42.5 Å². The van der Waals surface area contributed by atoms with Gasteiger partial charge < -0.3 is 34.0 Å². The van der Waals surface area contributed by atoms with E-state index in [0.29, 0.717) is 61.3 Å². The second-order valence-corrected chi connectivity index (χ2v) is 18.2. The van der Waals surface area contributed by atoms with E-state index in [9.17, 15) is 34.8 Å². The van der Waals surface area contributed by atoms with E-state index in [1.807, 2.05) is 26.8 Å². The van der Waals surface area contributed by atoms with Crippen LogP contribution in [-0.2, 0) is 16.1 Å². The number of aliphatic hydroxyl groups is 2. The summed E-state index contributed by atoms with van der Waals surface area (Å²) in [6.45, 7) is 9.43. The molecule has 360 valence electrons. The van der Waals surface area contributed by atoms with E-state index in [4.69, 9.17) is 28.9 Å². The highest BCUT2D eigenvalue weighted by Gasteiger charge is 2.66. The standard InChI is InChI=1S/C51H57FN4O12/c1-5-27-64-51-46(54(32-33-15-17-35(52)18-16-33)49(59)66-38-21-19-36(20-22-38)55(60)61)31-44(53-68-50(2,3)4)42-28-34(11-6-8-25-57)41(14-7-9-26-58)47(48(42)51)43-30-40(23-24-45(43)67-51)65-39-13-10-12-37(29-39)56(62)63/h5,10,12-13,15-24,28-30,34,41,46-48,57-58H,1,6-9,11,14,25-27,31-32H2,2-4H3. The molecule has 17 heteroatoms. The van der Waals surface area contributed by atoms with Gasteiger partial charge in [-0.15, -0.1) is 6.58 Å². The first kappa shape index (κ1) is 49.2. The van der Waals surface area contributed by atoms with Crippen molar-refractivity contribution in [2.24, 2.45) is 22.9 Å². The summed E-state index contributed by atoms with van der Waals surface area (Å²) in [6.07, 6.45) is 6.80. The van der Waals surface area contributed by atoms with E-state index in [1.165, 1.54) is 53.4 Å². The summed E-state index contributed by atoms with van der Waals surface area (Å²) in [7, 11) is 0. The number of fused-ring (bicyclic) bond motifs is 2. The molecule has 2 aliphatic carbocycles. The van der Waals surface area contributed by atoms with Crippen molar-refractivity contribution in [3.63, 3.8) is 0 Å². The zero-order chi connectivity index (χ0) is 48.6. The van der Waals surface area contributed by atoms with Crippen LogP contribution < -0.4 is 14.2 Å². The Morgan fingerprint density at radius 1 is 0.912 bits per heavy atom. The number of carbonyl (C=O) groups excluding carboxylic acids is 1. The summed E-state index contributed by atoms with van der Waals surface area (Å²) in [5.74, 6) is -2.49. The number of hydrogen-bond acceptors (Lipinski definition) is 13. The SMILES string of the molecule is C=CCOC12Oc3ccc(Oc4cccc([N+](=O)[O-])c4)cc3C3C(CCCCO)C(CCCCO)C=C(C(=NOC(C)(C)C)CC1N(Cc1ccc(F)cc1)C(=O)Oc1ccc([N+](=O)[O-])cc1)C32. The molecular weight excluding hydrogens is 880 g/mol. The maximum Gasteiger partial charge on any atom is 0.416 e. The maximum atomic E-state index is 15.0. The zero-order valence-electron chi connectivity index (χ0n) is 38.3. The first-order valence-electron chi connectivity index (χ1n) is 22.8. The van der Waals surface area contributed by atoms with Crippen molar-refractivity contribution >= 4 is 23.2 Å². The Labute approximate surface area is 393 Å². The van der Waals surface area contributed by atoms with Gasteiger partial charge in [0, 0.05) is 55.9 Å². The number of nitro benzene ring substituents is 2. The highest BCUT2D eigenvalue weighted by molar-refractivity contribution is 6.03. The summed E-state index contributed by atoms with van der Waals surface area (Å²) in [6, 6.07) is 21.0. The molecule has 6 atom stereocenters. The third kappa shape index (κ3) is 11.2. The van der Waals surface area contributed by atoms with Crippen LogP contribution in [0.1, 0.15) is 82.8 Å². The van der Waals surface area contributed by atoms with E-state index in [0.717, 1.165) is 11.1 Å². The number of nitro groups is 2. The Balaban J connectivity index is 1.47. The minimum Gasteiger partial charge on any atom is -0.459 e. The number of ether oxygens (including phenoxy) is 4. The Morgan fingerprint density at radius 3 is 2.25 bits per heavy atom. The molecule has 7 rings (SSSR count). The zero-order valence-corrected chi connectivity index (χ0v) is 38.3.